The van der Waals surface area contributed by atoms with Crippen LogP contribution < -0.4 is 10.6 Å². The van der Waals surface area contributed by atoms with Gasteiger partial charge in [-0.25, -0.2) is 4.39 Å². The Labute approximate surface area is 122 Å². The van der Waals surface area contributed by atoms with Gasteiger partial charge in [0.1, 0.15) is 5.82 Å². The average molecular weight is 278 g/mol. The Hall–Kier alpha value is -1.09. The molecule has 1 aliphatic heterocycles. The molecule has 2 N–H and O–H groups in total. The first-order valence-electron chi connectivity index (χ1n) is 7.81. The van der Waals surface area contributed by atoms with E-state index in [0.717, 1.165) is 49.4 Å². The van der Waals surface area contributed by atoms with E-state index in [9.17, 15) is 4.39 Å². The molecule has 1 heterocycles. The first-order valence-corrected chi connectivity index (χ1v) is 7.81. The van der Waals surface area contributed by atoms with Crippen molar-refractivity contribution in [3.05, 3.63) is 29.6 Å². The number of halogens is 1. The topological polar surface area (TPSA) is 29.3 Å². The molecule has 112 valence electrons. The van der Waals surface area contributed by atoms with Crippen LogP contribution in [0.15, 0.2) is 18.2 Å². The fourth-order valence-corrected chi connectivity index (χ4v) is 3.12. The summed E-state index contributed by atoms with van der Waals surface area (Å²) in [5, 5.41) is 0. The molecule has 3 unspecified atom stereocenters. The van der Waals surface area contributed by atoms with E-state index in [0.29, 0.717) is 6.04 Å². The molecule has 1 saturated heterocycles. The van der Waals surface area contributed by atoms with Crippen molar-refractivity contribution in [3.63, 3.8) is 0 Å². The third-order valence-corrected chi connectivity index (χ3v) is 4.48. The Balaban J connectivity index is 2.13. The van der Waals surface area contributed by atoms with Crippen LogP contribution in [-0.2, 0) is 6.42 Å². The van der Waals surface area contributed by atoms with Gasteiger partial charge in [-0.15, -0.1) is 0 Å². The van der Waals surface area contributed by atoms with E-state index in [1.54, 1.807) is 6.07 Å². The molecular weight excluding hydrogens is 251 g/mol. The minimum atomic E-state index is -0.104. The Morgan fingerprint density at radius 3 is 2.75 bits per heavy atom. The van der Waals surface area contributed by atoms with E-state index in [4.69, 9.17) is 5.73 Å². The molecule has 0 saturated carbocycles. The number of rotatable bonds is 4. The summed E-state index contributed by atoms with van der Waals surface area (Å²) < 4.78 is 14.4. The zero-order valence-electron chi connectivity index (χ0n) is 12.9. The van der Waals surface area contributed by atoms with Crippen LogP contribution in [0.25, 0.3) is 0 Å². The van der Waals surface area contributed by atoms with Gasteiger partial charge in [0.2, 0.25) is 0 Å². The highest BCUT2D eigenvalue weighted by atomic mass is 19.1. The normalized spacial score (nSPS) is 24.8. The smallest absolute Gasteiger partial charge is 0.146 e. The highest BCUT2D eigenvalue weighted by molar-refractivity contribution is 5.50. The number of piperidine rings is 1. The van der Waals surface area contributed by atoms with Crippen molar-refractivity contribution in [2.45, 2.75) is 58.5 Å². The van der Waals surface area contributed by atoms with E-state index in [1.807, 2.05) is 12.1 Å². The maximum absolute atomic E-state index is 14.4. The zero-order chi connectivity index (χ0) is 14.7. The third kappa shape index (κ3) is 3.51. The number of nitrogens with zero attached hydrogens (tertiary/aromatic N) is 1. The molecule has 2 rings (SSSR count). The second-order valence-corrected chi connectivity index (χ2v) is 6.33. The standard InChI is InChI=1S/C17H27FN2/c1-4-15(19)10-14-5-6-17(16(18)11-14)20-8-7-12(2)9-13(20)3/h5-6,11-13,15H,4,7-10,19H2,1-3H3. The van der Waals surface area contributed by atoms with Crippen LogP contribution in [0.3, 0.4) is 0 Å². The molecule has 0 bridgehead atoms. The minimum absolute atomic E-state index is 0.104. The molecule has 1 aliphatic rings. The van der Waals surface area contributed by atoms with Gasteiger partial charge in [-0.05, 0) is 56.2 Å². The second kappa shape index (κ2) is 6.57. The molecule has 20 heavy (non-hydrogen) atoms. The molecule has 0 radical (unpaired) electrons. The van der Waals surface area contributed by atoms with Crippen molar-refractivity contribution in [2.24, 2.45) is 11.7 Å². The van der Waals surface area contributed by atoms with Crippen molar-refractivity contribution in [1.82, 2.24) is 0 Å². The lowest BCUT2D eigenvalue weighted by molar-refractivity contribution is 0.374. The van der Waals surface area contributed by atoms with Crippen molar-refractivity contribution in [3.8, 4) is 0 Å². The molecule has 3 atom stereocenters. The lowest BCUT2D eigenvalue weighted by atomic mass is 9.92. The quantitative estimate of drug-likeness (QED) is 0.909. The van der Waals surface area contributed by atoms with E-state index < -0.39 is 0 Å². The van der Waals surface area contributed by atoms with Crippen LogP contribution in [0.5, 0.6) is 0 Å². The third-order valence-electron chi connectivity index (χ3n) is 4.48. The van der Waals surface area contributed by atoms with Crippen LogP contribution >= 0.6 is 0 Å². The lowest BCUT2D eigenvalue weighted by Gasteiger charge is -2.38. The summed E-state index contributed by atoms with van der Waals surface area (Å²) >= 11 is 0. The largest absolute Gasteiger partial charge is 0.366 e. The molecule has 0 aromatic heterocycles. The fraction of sp³-hybridized carbons (Fsp3) is 0.647. The highest BCUT2D eigenvalue weighted by Gasteiger charge is 2.24. The van der Waals surface area contributed by atoms with Crippen molar-refractivity contribution in [2.75, 3.05) is 11.4 Å². The number of anilines is 1. The molecule has 2 nitrogen and oxygen atoms in total. The van der Waals surface area contributed by atoms with Gasteiger partial charge >= 0.3 is 0 Å². The number of nitrogens with two attached hydrogens (primary N) is 1. The number of hydrogen-bond donors (Lipinski definition) is 1. The van der Waals surface area contributed by atoms with Crippen LogP contribution in [0.2, 0.25) is 0 Å². The fourth-order valence-electron chi connectivity index (χ4n) is 3.12. The summed E-state index contributed by atoms with van der Waals surface area (Å²) in [4.78, 5) is 2.21. The molecular formula is C17H27FN2. The lowest BCUT2D eigenvalue weighted by Crippen LogP contribution is -2.40. The van der Waals surface area contributed by atoms with Crippen molar-refractivity contribution >= 4 is 5.69 Å². The van der Waals surface area contributed by atoms with E-state index in [1.165, 1.54) is 0 Å². The molecule has 0 amide bonds. The van der Waals surface area contributed by atoms with Crippen LogP contribution in [-0.4, -0.2) is 18.6 Å². The first kappa shape index (κ1) is 15.3. The van der Waals surface area contributed by atoms with Crippen molar-refractivity contribution < 1.29 is 4.39 Å². The predicted octanol–water partition coefficient (Wildman–Crippen LogP) is 3.73. The van der Waals surface area contributed by atoms with Crippen LogP contribution in [0.1, 0.15) is 45.6 Å². The SMILES string of the molecule is CCC(N)Cc1ccc(N2CCC(C)CC2C)c(F)c1. The highest BCUT2D eigenvalue weighted by Crippen LogP contribution is 2.30. The van der Waals surface area contributed by atoms with Crippen molar-refractivity contribution in [1.29, 1.82) is 0 Å². The van der Waals surface area contributed by atoms with Gasteiger partial charge in [-0.2, -0.15) is 0 Å². The Bertz CT molecular complexity index is 447. The molecule has 0 spiro atoms. The van der Waals surface area contributed by atoms with Gasteiger partial charge in [-0.1, -0.05) is 19.9 Å². The zero-order valence-corrected chi connectivity index (χ0v) is 12.9. The summed E-state index contributed by atoms with van der Waals surface area (Å²) in [6, 6.07) is 6.15. The van der Waals surface area contributed by atoms with Gasteiger partial charge in [0.15, 0.2) is 0 Å². The molecule has 1 fully saturated rings. The summed E-state index contributed by atoms with van der Waals surface area (Å²) in [5.74, 6) is 0.637. The Kier molecular flexibility index (Phi) is 5.03. The summed E-state index contributed by atoms with van der Waals surface area (Å²) in [5.41, 5.74) is 7.69. The maximum Gasteiger partial charge on any atom is 0.146 e. The summed E-state index contributed by atoms with van der Waals surface area (Å²) in [6.45, 7) is 7.48. The van der Waals surface area contributed by atoms with Gasteiger partial charge in [-0.3, -0.25) is 0 Å². The summed E-state index contributed by atoms with van der Waals surface area (Å²) in [7, 11) is 0. The van der Waals surface area contributed by atoms with Crippen LogP contribution in [0, 0.1) is 11.7 Å². The maximum atomic E-state index is 14.4. The average Bonchev–Trinajstić information content (AvgIpc) is 2.40. The monoisotopic (exact) mass is 278 g/mol. The van der Waals surface area contributed by atoms with Gasteiger partial charge in [0.25, 0.3) is 0 Å². The van der Waals surface area contributed by atoms with E-state index in [2.05, 4.69) is 25.7 Å². The van der Waals surface area contributed by atoms with Gasteiger partial charge in [0, 0.05) is 18.6 Å². The summed E-state index contributed by atoms with van der Waals surface area (Å²) in [6.07, 6.45) is 3.96. The first-order chi connectivity index (χ1) is 9.51. The second-order valence-electron chi connectivity index (χ2n) is 6.33. The van der Waals surface area contributed by atoms with Gasteiger partial charge < -0.3 is 10.6 Å². The van der Waals surface area contributed by atoms with E-state index >= 15 is 0 Å². The number of hydrogen-bond acceptors (Lipinski definition) is 2. The van der Waals surface area contributed by atoms with E-state index in [-0.39, 0.29) is 11.9 Å². The number of benzene rings is 1. The molecule has 3 heteroatoms. The predicted molar refractivity (Wildman–Crippen MR) is 83.6 cm³/mol. The molecule has 1 aromatic rings. The minimum Gasteiger partial charge on any atom is -0.366 e. The molecule has 0 aliphatic carbocycles. The molecule has 1 aromatic carbocycles. The Morgan fingerprint density at radius 2 is 2.15 bits per heavy atom. The van der Waals surface area contributed by atoms with Crippen LogP contribution in [0.4, 0.5) is 10.1 Å². The van der Waals surface area contributed by atoms with Gasteiger partial charge in [0.05, 0.1) is 5.69 Å². The Morgan fingerprint density at radius 1 is 1.40 bits per heavy atom.